The molecule has 1 aliphatic heterocycles. The van der Waals surface area contributed by atoms with Gasteiger partial charge >= 0.3 is 0 Å². The van der Waals surface area contributed by atoms with E-state index in [-0.39, 0.29) is 23.0 Å². The van der Waals surface area contributed by atoms with E-state index in [1.807, 2.05) is 37.3 Å². The molecule has 0 bridgehead atoms. The van der Waals surface area contributed by atoms with E-state index in [4.69, 9.17) is 4.74 Å². The highest BCUT2D eigenvalue weighted by Crippen LogP contribution is 2.19. The van der Waals surface area contributed by atoms with E-state index >= 15 is 0 Å². The van der Waals surface area contributed by atoms with Gasteiger partial charge in [-0.3, -0.25) is 14.6 Å². The van der Waals surface area contributed by atoms with Gasteiger partial charge in [0.15, 0.2) is 5.43 Å². The van der Waals surface area contributed by atoms with Gasteiger partial charge in [0.05, 0.1) is 6.10 Å². The van der Waals surface area contributed by atoms with Gasteiger partial charge in [-0.15, -0.1) is 0 Å². The largest absolute Gasteiger partial charge is 0.376 e. The molecule has 0 spiro atoms. The van der Waals surface area contributed by atoms with Crippen LogP contribution in [-0.2, 0) is 30.7 Å². The van der Waals surface area contributed by atoms with Gasteiger partial charge in [-0.2, -0.15) is 0 Å². The summed E-state index contributed by atoms with van der Waals surface area (Å²) in [6.07, 6.45) is 6.89. The van der Waals surface area contributed by atoms with Crippen LogP contribution in [-0.4, -0.2) is 28.2 Å². The number of aryl methyl sites for hydroxylation is 2. The molecule has 3 heterocycles. The maximum Gasteiger partial charge on any atom is 0.257 e. The maximum absolute atomic E-state index is 13.2. The Morgan fingerprint density at radius 2 is 1.97 bits per heavy atom. The first-order chi connectivity index (χ1) is 15.6. The predicted molar refractivity (Wildman–Crippen MR) is 124 cm³/mol. The minimum Gasteiger partial charge on any atom is -0.376 e. The van der Waals surface area contributed by atoms with Gasteiger partial charge in [-0.1, -0.05) is 36.4 Å². The van der Waals surface area contributed by atoms with Crippen molar-refractivity contribution < 1.29 is 9.53 Å². The number of carbonyl (C=O) groups excluding carboxylic acids is 1. The molecule has 1 aliphatic rings. The molecule has 1 N–H and O–H groups in total. The maximum atomic E-state index is 13.2. The third kappa shape index (κ3) is 5.32. The van der Waals surface area contributed by atoms with Gasteiger partial charge in [0.1, 0.15) is 5.56 Å². The van der Waals surface area contributed by atoms with Crippen molar-refractivity contribution in [1.29, 1.82) is 0 Å². The smallest absolute Gasteiger partial charge is 0.257 e. The van der Waals surface area contributed by atoms with E-state index in [1.54, 1.807) is 18.5 Å². The van der Waals surface area contributed by atoms with Crippen LogP contribution in [0.25, 0.3) is 0 Å². The molecule has 2 aromatic heterocycles. The molecule has 1 fully saturated rings. The molecule has 6 heteroatoms. The summed E-state index contributed by atoms with van der Waals surface area (Å²) in [6.45, 7) is 3.67. The van der Waals surface area contributed by atoms with Crippen LogP contribution in [0.5, 0.6) is 0 Å². The summed E-state index contributed by atoms with van der Waals surface area (Å²) in [7, 11) is 0. The minimum absolute atomic E-state index is 0.109. The topological polar surface area (TPSA) is 73.2 Å². The summed E-state index contributed by atoms with van der Waals surface area (Å²) in [5, 5.41) is 2.91. The van der Waals surface area contributed by atoms with E-state index in [1.165, 1.54) is 5.56 Å². The summed E-state index contributed by atoms with van der Waals surface area (Å²) in [5.74, 6) is -0.344. The number of hydrogen-bond donors (Lipinski definition) is 1. The fraction of sp³-hybridized carbons (Fsp3) is 0.346. The average Bonchev–Trinajstić information content (AvgIpc) is 3.33. The van der Waals surface area contributed by atoms with Crippen molar-refractivity contribution >= 4 is 5.91 Å². The first kappa shape index (κ1) is 22.0. The summed E-state index contributed by atoms with van der Waals surface area (Å²) in [4.78, 5) is 30.3. The van der Waals surface area contributed by atoms with Crippen LogP contribution in [0.15, 0.2) is 65.7 Å². The van der Waals surface area contributed by atoms with Gasteiger partial charge < -0.3 is 14.6 Å². The number of carbonyl (C=O) groups is 1. The molecule has 0 radical (unpaired) electrons. The normalized spacial score (nSPS) is 15.6. The number of rotatable bonds is 8. The van der Waals surface area contributed by atoms with Crippen molar-refractivity contribution in [3.8, 4) is 0 Å². The quantitative estimate of drug-likeness (QED) is 0.593. The van der Waals surface area contributed by atoms with E-state index in [2.05, 4.69) is 27.0 Å². The second-order valence-electron chi connectivity index (χ2n) is 8.25. The number of ether oxygens (including phenoxy) is 1. The molecule has 0 unspecified atom stereocenters. The molecule has 0 aliphatic carbocycles. The molecule has 1 atom stereocenters. The lowest BCUT2D eigenvalue weighted by atomic mass is 10.0. The Kier molecular flexibility index (Phi) is 7.12. The summed E-state index contributed by atoms with van der Waals surface area (Å²) in [5.41, 5.74) is 3.69. The second kappa shape index (κ2) is 10.4. The highest BCUT2D eigenvalue weighted by Gasteiger charge is 2.23. The Morgan fingerprint density at radius 3 is 2.69 bits per heavy atom. The van der Waals surface area contributed by atoms with E-state index in [0.29, 0.717) is 19.5 Å². The van der Waals surface area contributed by atoms with Crippen molar-refractivity contribution in [1.82, 2.24) is 14.9 Å². The van der Waals surface area contributed by atoms with Crippen LogP contribution in [0.3, 0.4) is 0 Å². The Labute approximate surface area is 188 Å². The third-order valence-corrected chi connectivity index (χ3v) is 5.93. The molecule has 1 aromatic carbocycles. The zero-order valence-electron chi connectivity index (χ0n) is 18.4. The lowest BCUT2D eigenvalue weighted by Gasteiger charge is -2.22. The first-order valence-electron chi connectivity index (χ1n) is 11.2. The fourth-order valence-corrected chi connectivity index (χ4v) is 4.26. The van der Waals surface area contributed by atoms with Crippen LogP contribution in [0.4, 0.5) is 0 Å². The third-order valence-electron chi connectivity index (χ3n) is 5.93. The molecule has 32 heavy (non-hydrogen) atoms. The van der Waals surface area contributed by atoms with Crippen molar-refractivity contribution in [2.45, 2.75) is 51.8 Å². The zero-order chi connectivity index (χ0) is 22.3. The average molecular weight is 432 g/mol. The number of aromatic nitrogens is 2. The van der Waals surface area contributed by atoms with Crippen molar-refractivity contribution in [2.75, 3.05) is 6.61 Å². The van der Waals surface area contributed by atoms with Gasteiger partial charge in [0.25, 0.3) is 5.91 Å². The molecule has 0 saturated carbocycles. The Morgan fingerprint density at radius 1 is 1.16 bits per heavy atom. The molecular formula is C26H29N3O3. The van der Waals surface area contributed by atoms with Gasteiger partial charge in [-0.25, -0.2) is 0 Å². The van der Waals surface area contributed by atoms with E-state index in [0.717, 1.165) is 42.8 Å². The minimum atomic E-state index is -0.344. The van der Waals surface area contributed by atoms with Crippen LogP contribution in [0.2, 0.25) is 0 Å². The molecule has 4 rings (SSSR count). The van der Waals surface area contributed by atoms with Crippen LogP contribution < -0.4 is 10.7 Å². The summed E-state index contributed by atoms with van der Waals surface area (Å²) < 4.78 is 7.97. The van der Waals surface area contributed by atoms with Crippen LogP contribution in [0, 0.1) is 6.92 Å². The van der Waals surface area contributed by atoms with Gasteiger partial charge in [0.2, 0.25) is 0 Å². The predicted octanol–water partition coefficient (Wildman–Crippen LogP) is 3.45. The Hall–Kier alpha value is -3.25. The molecular weight excluding hydrogens is 402 g/mol. The SMILES string of the molecule is Cc1cc(=O)c(C(=O)NCc2cccnc2)c(CCc2ccccc2)n1C[C@@H]1CCCO1. The Bertz CT molecular complexity index is 1100. The van der Waals surface area contributed by atoms with Crippen molar-refractivity contribution in [3.05, 3.63) is 99.2 Å². The number of benzene rings is 1. The number of pyridine rings is 2. The first-order valence-corrected chi connectivity index (χ1v) is 11.2. The highest BCUT2D eigenvalue weighted by molar-refractivity contribution is 5.95. The number of nitrogens with one attached hydrogen (secondary N) is 1. The van der Waals surface area contributed by atoms with Crippen molar-refractivity contribution in [2.24, 2.45) is 0 Å². The highest BCUT2D eigenvalue weighted by atomic mass is 16.5. The monoisotopic (exact) mass is 431 g/mol. The summed E-state index contributed by atoms with van der Waals surface area (Å²) >= 11 is 0. The molecule has 6 nitrogen and oxygen atoms in total. The fourth-order valence-electron chi connectivity index (χ4n) is 4.26. The standard InChI is InChI=1S/C26H29N3O3/c1-19-15-24(30)25(26(31)28-17-21-9-5-13-27-16-21)23(12-11-20-7-3-2-4-8-20)29(19)18-22-10-6-14-32-22/h2-5,7-9,13,15-16,22H,6,10-12,14,17-18H2,1H3,(H,28,31)/t22-/m0/s1. The molecule has 3 aromatic rings. The molecule has 1 amide bonds. The van der Waals surface area contributed by atoms with Gasteiger partial charge in [-0.05, 0) is 49.8 Å². The van der Waals surface area contributed by atoms with Crippen LogP contribution in [0.1, 0.15) is 45.7 Å². The Balaban J connectivity index is 1.65. The van der Waals surface area contributed by atoms with E-state index < -0.39 is 0 Å². The second-order valence-corrected chi connectivity index (χ2v) is 8.25. The van der Waals surface area contributed by atoms with Crippen molar-refractivity contribution in [3.63, 3.8) is 0 Å². The number of nitrogens with zero attached hydrogens (tertiary/aromatic N) is 2. The zero-order valence-corrected chi connectivity index (χ0v) is 18.4. The van der Waals surface area contributed by atoms with E-state index in [9.17, 15) is 9.59 Å². The summed E-state index contributed by atoms with van der Waals surface area (Å²) in [6, 6.07) is 15.4. The lowest BCUT2D eigenvalue weighted by Crippen LogP contribution is -2.34. The number of amides is 1. The molecule has 1 saturated heterocycles. The van der Waals surface area contributed by atoms with Gasteiger partial charge in [0, 0.05) is 49.5 Å². The lowest BCUT2D eigenvalue weighted by molar-refractivity contribution is 0.0925. The number of hydrogen-bond acceptors (Lipinski definition) is 4. The van der Waals surface area contributed by atoms with Crippen LogP contribution >= 0.6 is 0 Å². The molecule has 166 valence electrons.